The van der Waals surface area contributed by atoms with Crippen molar-refractivity contribution in [1.82, 2.24) is 9.55 Å². The van der Waals surface area contributed by atoms with Crippen LogP contribution in [0.3, 0.4) is 0 Å². The van der Waals surface area contributed by atoms with Gasteiger partial charge >= 0.3 is 0 Å². The second-order valence-corrected chi connectivity index (χ2v) is 6.34. The van der Waals surface area contributed by atoms with Crippen molar-refractivity contribution in [2.24, 2.45) is 0 Å². The Morgan fingerprint density at radius 3 is 2.62 bits per heavy atom. The van der Waals surface area contributed by atoms with E-state index in [0.29, 0.717) is 18.5 Å². The Bertz CT molecular complexity index is 604. The third-order valence-corrected chi connectivity index (χ3v) is 4.66. The molecule has 3 rings (SSSR count). The Hall–Kier alpha value is -1.79. The van der Waals surface area contributed by atoms with Gasteiger partial charge in [-0.2, -0.15) is 11.8 Å². The number of hydrogen-bond acceptors (Lipinski definition) is 4. The fourth-order valence-corrected chi connectivity index (χ4v) is 3.48. The lowest BCUT2D eigenvalue weighted by molar-refractivity contribution is -0.134. The van der Waals surface area contributed by atoms with E-state index >= 15 is 0 Å². The highest BCUT2D eigenvalue weighted by molar-refractivity contribution is 7.99. The molecule has 1 aliphatic rings. The van der Waals surface area contributed by atoms with Crippen LogP contribution in [0.25, 0.3) is 5.69 Å². The largest absolute Gasteiger partial charge is 0.380 e. The lowest BCUT2D eigenvalue weighted by Crippen LogP contribution is -2.45. The molecule has 2 aromatic rings. The van der Waals surface area contributed by atoms with E-state index < -0.39 is 5.60 Å². The van der Waals surface area contributed by atoms with Gasteiger partial charge in [0.1, 0.15) is 5.60 Å². The number of nitrogens with zero attached hydrogens (tertiary/aromatic N) is 2. The summed E-state index contributed by atoms with van der Waals surface area (Å²) in [5, 5.41) is 13.2. The molecule has 0 bridgehead atoms. The van der Waals surface area contributed by atoms with E-state index in [9.17, 15) is 9.90 Å². The van der Waals surface area contributed by atoms with Crippen LogP contribution in [0.1, 0.15) is 12.8 Å². The molecular formula is C15H17N3O2S. The van der Waals surface area contributed by atoms with Crippen LogP contribution in [-0.2, 0) is 4.79 Å². The monoisotopic (exact) mass is 303 g/mol. The van der Waals surface area contributed by atoms with E-state index in [0.717, 1.165) is 17.2 Å². The molecule has 0 radical (unpaired) electrons. The summed E-state index contributed by atoms with van der Waals surface area (Å²) in [6, 6.07) is 7.46. The van der Waals surface area contributed by atoms with Crippen LogP contribution in [-0.4, -0.2) is 37.7 Å². The number of aliphatic hydroxyl groups is 1. The van der Waals surface area contributed by atoms with Crippen LogP contribution < -0.4 is 5.32 Å². The molecule has 0 aliphatic carbocycles. The van der Waals surface area contributed by atoms with Crippen LogP contribution >= 0.6 is 11.8 Å². The molecule has 1 amide bonds. The number of imidazole rings is 1. The standard InChI is InChI=1S/C15H17N3O2S/c19-14(15(20)5-9-21-10-6-15)17-12-1-3-13(4-2-12)18-8-7-16-11-18/h1-4,7-8,11,20H,5-6,9-10H2,(H,17,19). The quantitative estimate of drug-likeness (QED) is 0.911. The van der Waals surface area contributed by atoms with Gasteiger partial charge in [-0.3, -0.25) is 4.79 Å². The predicted molar refractivity (Wildman–Crippen MR) is 83.7 cm³/mol. The van der Waals surface area contributed by atoms with Gasteiger partial charge in [-0.1, -0.05) is 0 Å². The molecule has 21 heavy (non-hydrogen) atoms. The minimum Gasteiger partial charge on any atom is -0.380 e. The van der Waals surface area contributed by atoms with Crippen molar-refractivity contribution < 1.29 is 9.90 Å². The molecule has 1 fully saturated rings. The van der Waals surface area contributed by atoms with E-state index in [1.165, 1.54) is 0 Å². The number of nitrogens with one attached hydrogen (secondary N) is 1. The molecule has 1 aromatic carbocycles. The van der Waals surface area contributed by atoms with Crippen LogP contribution in [0.2, 0.25) is 0 Å². The van der Waals surface area contributed by atoms with E-state index in [1.807, 2.05) is 35.0 Å². The van der Waals surface area contributed by atoms with Gasteiger partial charge in [0, 0.05) is 23.8 Å². The number of benzene rings is 1. The smallest absolute Gasteiger partial charge is 0.256 e. The average Bonchev–Trinajstić information content (AvgIpc) is 3.03. The molecule has 1 aromatic heterocycles. The predicted octanol–water partition coefficient (Wildman–Crippen LogP) is 2.07. The van der Waals surface area contributed by atoms with E-state index in [2.05, 4.69) is 10.3 Å². The van der Waals surface area contributed by atoms with E-state index in [4.69, 9.17) is 0 Å². The second-order valence-electron chi connectivity index (χ2n) is 5.11. The highest BCUT2D eigenvalue weighted by Gasteiger charge is 2.37. The van der Waals surface area contributed by atoms with Crippen molar-refractivity contribution in [2.45, 2.75) is 18.4 Å². The molecule has 2 N–H and O–H groups in total. The molecule has 6 heteroatoms. The lowest BCUT2D eigenvalue weighted by Gasteiger charge is -2.30. The van der Waals surface area contributed by atoms with Crippen molar-refractivity contribution in [3.05, 3.63) is 43.0 Å². The first-order valence-corrected chi connectivity index (χ1v) is 8.03. The summed E-state index contributed by atoms with van der Waals surface area (Å²) >= 11 is 1.77. The zero-order valence-corrected chi connectivity index (χ0v) is 12.3. The fraction of sp³-hybridized carbons (Fsp3) is 0.333. The first-order valence-electron chi connectivity index (χ1n) is 6.87. The average molecular weight is 303 g/mol. The highest BCUT2D eigenvalue weighted by Crippen LogP contribution is 2.28. The number of amides is 1. The van der Waals surface area contributed by atoms with Gasteiger partial charge in [-0.05, 0) is 48.6 Å². The molecule has 0 unspecified atom stereocenters. The van der Waals surface area contributed by atoms with Gasteiger partial charge in [0.15, 0.2) is 0 Å². The second kappa shape index (κ2) is 5.91. The normalized spacial score (nSPS) is 17.4. The number of aromatic nitrogens is 2. The van der Waals surface area contributed by atoms with E-state index in [1.54, 1.807) is 24.3 Å². The van der Waals surface area contributed by atoms with Gasteiger partial charge in [-0.25, -0.2) is 4.98 Å². The van der Waals surface area contributed by atoms with Gasteiger partial charge < -0.3 is 15.0 Å². The Balaban J connectivity index is 1.69. The first-order chi connectivity index (χ1) is 10.2. The van der Waals surface area contributed by atoms with Crippen LogP contribution in [0, 0.1) is 0 Å². The molecule has 5 nitrogen and oxygen atoms in total. The Kier molecular flexibility index (Phi) is 3.98. The topological polar surface area (TPSA) is 67.2 Å². The van der Waals surface area contributed by atoms with Gasteiger partial charge in [-0.15, -0.1) is 0 Å². The van der Waals surface area contributed by atoms with Crippen LogP contribution in [0.15, 0.2) is 43.0 Å². The third kappa shape index (κ3) is 3.11. The maximum absolute atomic E-state index is 12.2. The molecule has 2 heterocycles. The first kappa shape index (κ1) is 14.2. The fourth-order valence-electron chi connectivity index (χ4n) is 2.31. The van der Waals surface area contributed by atoms with Crippen molar-refractivity contribution >= 4 is 23.4 Å². The summed E-state index contributed by atoms with van der Waals surface area (Å²) in [6.07, 6.45) is 6.31. The zero-order valence-electron chi connectivity index (χ0n) is 11.5. The Labute approximate surface area is 127 Å². The summed E-state index contributed by atoms with van der Waals surface area (Å²) in [5.74, 6) is 1.34. The summed E-state index contributed by atoms with van der Waals surface area (Å²) in [4.78, 5) is 16.2. The summed E-state index contributed by atoms with van der Waals surface area (Å²) < 4.78 is 1.89. The highest BCUT2D eigenvalue weighted by atomic mass is 32.2. The minimum absolute atomic E-state index is 0.307. The van der Waals surface area contributed by atoms with Crippen LogP contribution in [0.5, 0.6) is 0 Å². The van der Waals surface area contributed by atoms with Crippen molar-refractivity contribution in [3.8, 4) is 5.69 Å². The molecule has 0 spiro atoms. The summed E-state index contributed by atoms with van der Waals surface area (Å²) in [5.41, 5.74) is 0.433. The summed E-state index contributed by atoms with van der Waals surface area (Å²) in [7, 11) is 0. The maximum Gasteiger partial charge on any atom is 0.256 e. The van der Waals surface area contributed by atoms with Crippen LogP contribution in [0.4, 0.5) is 5.69 Å². The molecule has 1 aliphatic heterocycles. The van der Waals surface area contributed by atoms with Gasteiger partial charge in [0.25, 0.3) is 5.91 Å². The van der Waals surface area contributed by atoms with Crippen molar-refractivity contribution in [1.29, 1.82) is 0 Å². The molecule has 110 valence electrons. The number of carbonyl (C=O) groups is 1. The number of thioether (sulfide) groups is 1. The van der Waals surface area contributed by atoms with Crippen molar-refractivity contribution in [2.75, 3.05) is 16.8 Å². The Morgan fingerprint density at radius 2 is 2.00 bits per heavy atom. The number of hydrogen-bond donors (Lipinski definition) is 2. The summed E-state index contributed by atoms with van der Waals surface area (Å²) in [6.45, 7) is 0. The van der Waals surface area contributed by atoms with E-state index in [-0.39, 0.29) is 5.91 Å². The minimum atomic E-state index is -1.23. The number of anilines is 1. The SMILES string of the molecule is O=C(Nc1ccc(-n2ccnc2)cc1)C1(O)CCSCC1. The molecule has 1 saturated heterocycles. The third-order valence-electron chi connectivity index (χ3n) is 3.67. The Morgan fingerprint density at radius 1 is 1.29 bits per heavy atom. The molecule has 0 saturated carbocycles. The van der Waals surface area contributed by atoms with Gasteiger partial charge in [0.2, 0.25) is 0 Å². The lowest BCUT2D eigenvalue weighted by atomic mass is 9.95. The van der Waals surface area contributed by atoms with Gasteiger partial charge in [0.05, 0.1) is 6.33 Å². The number of carbonyl (C=O) groups excluding carboxylic acids is 1. The molecular weight excluding hydrogens is 286 g/mol. The molecule has 0 atom stereocenters. The zero-order chi connectivity index (χ0) is 14.7. The van der Waals surface area contributed by atoms with Crippen molar-refractivity contribution in [3.63, 3.8) is 0 Å². The maximum atomic E-state index is 12.2. The number of rotatable bonds is 3.